The lowest BCUT2D eigenvalue weighted by molar-refractivity contribution is -0.140. The molecule has 6 nitrogen and oxygen atoms in total. The van der Waals surface area contributed by atoms with Gasteiger partial charge in [0.2, 0.25) is 11.8 Å². The van der Waals surface area contributed by atoms with Crippen molar-refractivity contribution < 1.29 is 14.4 Å². The van der Waals surface area contributed by atoms with Gasteiger partial charge in [-0.2, -0.15) is 0 Å². The van der Waals surface area contributed by atoms with Gasteiger partial charge in [-0.1, -0.05) is 73.9 Å². The molecule has 0 aromatic heterocycles. The van der Waals surface area contributed by atoms with Crippen molar-refractivity contribution in [3.05, 3.63) is 77.4 Å². The average Bonchev–Trinajstić information content (AvgIpc) is 3.47. The van der Waals surface area contributed by atoms with Crippen LogP contribution in [0.4, 0.5) is 5.69 Å². The van der Waals surface area contributed by atoms with E-state index < -0.39 is 6.04 Å². The summed E-state index contributed by atoms with van der Waals surface area (Å²) in [7, 11) is 0. The van der Waals surface area contributed by atoms with Crippen LogP contribution in [0, 0.1) is 6.92 Å². The number of aryl methyl sites for hydroxylation is 1. The number of anilines is 1. The molecule has 3 aromatic rings. The maximum absolute atomic E-state index is 13.9. The normalized spacial score (nSPS) is 15.9. The summed E-state index contributed by atoms with van der Waals surface area (Å²) in [6.07, 6.45) is 4.71. The van der Waals surface area contributed by atoms with E-state index in [0.29, 0.717) is 18.5 Å². The fourth-order valence-corrected chi connectivity index (χ4v) is 5.66. The first-order valence-electron chi connectivity index (χ1n) is 12.9. The minimum atomic E-state index is -0.602. The highest BCUT2D eigenvalue weighted by Crippen LogP contribution is 2.37. The zero-order valence-electron chi connectivity index (χ0n) is 21.0. The molecule has 1 N–H and O–H groups in total. The minimum Gasteiger partial charge on any atom is -0.352 e. The molecular weight excluding hydrogens is 450 g/mol. The first-order valence-corrected chi connectivity index (χ1v) is 12.9. The third-order valence-corrected chi connectivity index (χ3v) is 7.47. The second kappa shape index (κ2) is 10.1. The molecule has 1 fully saturated rings. The van der Waals surface area contributed by atoms with Crippen molar-refractivity contribution in [2.24, 2.45) is 0 Å². The topological polar surface area (TPSA) is 69.7 Å². The minimum absolute atomic E-state index is 0.106. The SMILES string of the molecule is CC[C@@H](C(=O)NC1CCCC1)N(Cc1cccc(C)c1)C(=O)CN1C(=O)c2cccc3cccc1c23. The van der Waals surface area contributed by atoms with E-state index in [9.17, 15) is 14.4 Å². The lowest BCUT2D eigenvalue weighted by atomic mass is 10.1. The Kier molecular flexibility index (Phi) is 6.77. The van der Waals surface area contributed by atoms with E-state index in [0.717, 1.165) is 53.3 Å². The number of carbonyl (C=O) groups is 3. The third kappa shape index (κ3) is 4.60. The Labute approximate surface area is 212 Å². The second-order valence-electron chi connectivity index (χ2n) is 10.00. The number of rotatable bonds is 8. The monoisotopic (exact) mass is 483 g/mol. The van der Waals surface area contributed by atoms with Crippen molar-refractivity contribution in [2.75, 3.05) is 11.4 Å². The van der Waals surface area contributed by atoms with Crippen LogP contribution in [-0.4, -0.2) is 41.2 Å². The summed E-state index contributed by atoms with van der Waals surface area (Å²) in [4.78, 5) is 43.8. The fraction of sp³-hybridized carbons (Fsp3) is 0.367. The number of carbonyl (C=O) groups excluding carboxylic acids is 3. The Morgan fingerprint density at radius 1 is 1.06 bits per heavy atom. The molecule has 1 aliphatic carbocycles. The van der Waals surface area contributed by atoms with Gasteiger partial charge in [0.05, 0.1) is 5.69 Å². The first-order chi connectivity index (χ1) is 17.5. The molecule has 6 heteroatoms. The molecule has 3 amide bonds. The number of nitrogens with one attached hydrogen (secondary N) is 1. The molecule has 1 aliphatic heterocycles. The second-order valence-corrected chi connectivity index (χ2v) is 10.00. The van der Waals surface area contributed by atoms with Gasteiger partial charge in [0.1, 0.15) is 12.6 Å². The largest absolute Gasteiger partial charge is 0.352 e. The van der Waals surface area contributed by atoms with Gasteiger partial charge in [-0.05, 0) is 49.3 Å². The first kappa shape index (κ1) is 24.0. The molecule has 2 aliphatic rings. The van der Waals surface area contributed by atoms with Crippen LogP contribution in [0.15, 0.2) is 60.7 Å². The number of amides is 3. The average molecular weight is 484 g/mol. The summed E-state index contributed by atoms with van der Waals surface area (Å²) in [6.45, 7) is 4.16. The van der Waals surface area contributed by atoms with Crippen LogP contribution in [0.25, 0.3) is 10.8 Å². The molecule has 186 valence electrons. The van der Waals surface area contributed by atoms with E-state index in [2.05, 4.69) is 5.32 Å². The molecule has 0 spiro atoms. The lowest BCUT2D eigenvalue weighted by Crippen LogP contribution is -2.53. The molecule has 1 heterocycles. The molecule has 1 atom stereocenters. The van der Waals surface area contributed by atoms with Crippen molar-refractivity contribution in [3.63, 3.8) is 0 Å². The van der Waals surface area contributed by atoms with Crippen molar-refractivity contribution in [2.45, 2.75) is 64.6 Å². The van der Waals surface area contributed by atoms with Crippen LogP contribution in [0.2, 0.25) is 0 Å². The Morgan fingerprint density at radius 2 is 1.78 bits per heavy atom. The number of hydrogen-bond acceptors (Lipinski definition) is 3. The molecule has 0 bridgehead atoms. The quantitative estimate of drug-likeness (QED) is 0.492. The van der Waals surface area contributed by atoms with Gasteiger partial charge in [0, 0.05) is 23.5 Å². The van der Waals surface area contributed by atoms with Crippen LogP contribution >= 0.6 is 0 Å². The summed E-state index contributed by atoms with van der Waals surface area (Å²) < 4.78 is 0. The lowest BCUT2D eigenvalue weighted by Gasteiger charge is -2.33. The Balaban J connectivity index is 1.43. The van der Waals surface area contributed by atoms with Crippen LogP contribution in [-0.2, 0) is 16.1 Å². The predicted octanol–water partition coefficient (Wildman–Crippen LogP) is 4.97. The van der Waals surface area contributed by atoms with Crippen LogP contribution < -0.4 is 10.2 Å². The molecule has 0 unspecified atom stereocenters. The zero-order chi connectivity index (χ0) is 25.2. The van der Waals surface area contributed by atoms with E-state index >= 15 is 0 Å². The van der Waals surface area contributed by atoms with Gasteiger partial charge in [-0.3, -0.25) is 19.3 Å². The summed E-state index contributed by atoms with van der Waals surface area (Å²) in [6, 6.07) is 19.0. The van der Waals surface area contributed by atoms with E-state index in [1.165, 1.54) is 0 Å². The highest BCUT2D eigenvalue weighted by Gasteiger charge is 2.35. The molecule has 1 saturated carbocycles. The van der Waals surface area contributed by atoms with E-state index in [1.807, 2.05) is 74.5 Å². The van der Waals surface area contributed by atoms with Crippen molar-refractivity contribution in [1.82, 2.24) is 10.2 Å². The molecule has 5 rings (SSSR count). The van der Waals surface area contributed by atoms with Crippen molar-refractivity contribution in [3.8, 4) is 0 Å². The van der Waals surface area contributed by atoms with Gasteiger partial charge in [-0.15, -0.1) is 0 Å². The van der Waals surface area contributed by atoms with Crippen LogP contribution in [0.1, 0.15) is 60.5 Å². The number of benzene rings is 3. The predicted molar refractivity (Wildman–Crippen MR) is 142 cm³/mol. The molecule has 3 aromatic carbocycles. The summed E-state index contributed by atoms with van der Waals surface area (Å²) >= 11 is 0. The number of hydrogen-bond donors (Lipinski definition) is 1. The summed E-state index contributed by atoms with van der Waals surface area (Å²) in [5.74, 6) is -0.513. The van der Waals surface area contributed by atoms with E-state index in [4.69, 9.17) is 0 Å². The highest BCUT2D eigenvalue weighted by molar-refractivity contribution is 6.26. The van der Waals surface area contributed by atoms with Crippen molar-refractivity contribution in [1.29, 1.82) is 0 Å². The van der Waals surface area contributed by atoms with Crippen LogP contribution in [0.3, 0.4) is 0 Å². The highest BCUT2D eigenvalue weighted by atomic mass is 16.2. The zero-order valence-corrected chi connectivity index (χ0v) is 21.0. The third-order valence-electron chi connectivity index (χ3n) is 7.47. The summed E-state index contributed by atoms with van der Waals surface area (Å²) in [5.41, 5.74) is 3.43. The molecule has 36 heavy (non-hydrogen) atoms. The number of nitrogens with zero attached hydrogens (tertiary/aromatic N) is 2. The smallest absolute Gasteiger partial charge is 0.259 e. The van der Waals surface area contributed by atoms with E-state index in [1.54, 1.807) is 9.80 Å². The van der Waals surface area contributed by atoms with Gasteiger partial charge in [0.25, 0.3) is 5.91 Å². The Bertz CT molecular complexity index is 1310. The van der Waals surface area contributed by atoms with Crippen LogP contribution in [0.5, 0.6) is 0 Å². The molecular formula is C30H33N3O3. The van der Waals surface area contributed by atoms with E-state index in [-0.39, 0.29) is 30.3 Å². The standard InChI is InChI=1S/C30H33N3O3/c1-3-25(29(35)31-23-13-4-5-14-23)32(18-21-10-6-9-20(2)17-21)27(34)19-33-26-16-8-12-22-11-7-15-24(28(22)26)30(33)36/h6-12,15-17,23,25H,3-5,13-14,18-19H2,1-2H3,(H,31,35)/t25-/m0/s1. The Morgan fingerprint density at radius 3 is 2.50 bits per heavy atom. The Hall–Kier alpha value is -3.67. The van der Waals surface area contributed by atoms with Gasteiger partial charge in [-0.25, -0.2) is 0 Å². The molecule has 0 saturated heterocycles. The maximum atomic E-state index is 13.9. The van der Waals surface area contributed by atoms with Gasteiger partial charge < -0.3 is 10.2 Å². The molecule has 0 radical (unpaired) electrons. The van der Waals surface area contributed by atoms with Gasteiger partial charge in [0.15, 0.2) is 0 Å². The van der Waals surface area contributed by atoms with Crippen molar-refractivity contribution >= 4 is 34.2 Å². The fourth-order valence-electron chi connectivity index (χ4n) is 5.66. The van der Waals surface area contributed by atoms with Gasteiger partial charge >= 0.3 is 0 Å². The summed E-state index contributed by atoms with van der Waals surface area (Å²) in [5, 5.41) is 5.04. The maximum Gasteiger partial charge on any atom is 0.259 e.